The molecule has 0 aromatic rings. The fraction of sp³-hybridized carbons (Fsp3) is 0.818. The fourth-order valence-corrected chi connectivity index (χ4v) is 2.57. The Kier molecular flexibility index (Phi) is 3.03. The van der Waals surface area contributed by atoms with E-state index in [0.29, 0.717) is 12.3 Å². The van der Waals surface area contributed by atoms with Crippen LogP contribution in [0.2, 0.25) is 0 Å². The number of hydrogen-bond acceptors (Lipinski definition) is 2. The average Bonchev–Trinajstić information content (AvgIpc) is 2.27. The second-order valence-corrected chi connectivity index (χ2v) is 4.88. The number of carbonyl (C=O) groups excluding carboxylic acids is 2. The molecule has 5 heteroatoms. The van der Waals surface area contributed by atoms with Crippen molar-refractivity contribution < 1.29 is 9.59 Å². The van der Waals surface area contributed by atoms with Crippen molar-refractivity contribution in [1.29, 1.82) is 0 Å². The van der Waals surface area contributed by atoms with Gasteiger partial charge in [-0.1, -0.05) is 0 Å². The molecule has 0 bridgehead atoms. The molecular formula is C11H19N3O2. The van der Waals surface area contributed by atoms with Gasteiger partial charge in [0.05, 0.1) is 0 Å². The van der Waals surface area contributed by atoms with E-state index >= 15 is 0 Å². The number of likely N-dealkylation sites (tertiary alicyclic amines) is 1. The number of hydrogen-bond donors (Lipinski definition) is 1. The number of nitrogens with one attached hydrogen (secondary N) is 1. The summed E-state index contributed by atoms with van der Waals surface area (Å²) in [5.74, 6) is 0.601. The zero-order valence-electron chi connectivity index (χ0n) is 9.90. The second-order valence-electron chi connectivity index (χ2n) is 4.88. The van der Waals surface area contributed by atoms with Gasteiger partial charge in [-0.3, -0.25) is 4.79 Å². The second kappa shape index (κ2) is 4.31. The molecule has 90 valence electrons. The standard InChI is InChI=1S/C11H19N3O2/c1-13(2)11(16)14-6-5-9-8(7-14)3-4-10(15)12-9/h8-9H,3-7H2,1-2H3,(H,12,15). The van der Waals surface area contributed by atoms with E-state index in [-0.39, 0.29) is 18.0 Å². The normalized spacial score (nSPS) is 29.4. The highest BCUT2D eigenvalue weighted by Crippen LogP contribution is 2.25. The maximum atomic E-state index is 11.8. The van der Waals surface area contributed by atoms with Crippen LogP contribution in [-0.4, -0.2) is 55.0 Å². The summed E-state index contributed by atoms with van der Waals surface area (Å²) in [5.41, 5.74) is 0. The quantitative estimate of drug-likeness (QED) is 0.643. The molecular weight excluding hydrogens is 206 g/mol. The number of fused-ring (bicyclic) bond motifs is 1. The summed E-state index contributed by atoms with van der Waals surface area (Å²) in [5, 5.41) is 3.02. The molecule has 2 saturated heterocycles. The summed E-state index contributed by atoms with van der Waals surface area (Å²) in [6.07, 6.45) is 2.40. The van der Waals surface area contributed by atoms with Crippen molar-refractivity contribution >= 4 is 11.9 Å². The molecule has 1 N–H and O–H groups in total. The van der Waals surface area contributed by atoms with Crippen LogP contribution in [0.1, 0.15) is 19.3 Å². The van der Waals surface area contributed by atoms with Crippen LogP contribution in [0.5, 0.6) is 0 Å². The maximum absolute atomic E-state index is 11.8. The Morgan fingerprint density at radius 2 is 2.19 bits per heavy atom. The lowest BCUT2D eigenvalue weighted by Gasteiger charge is -2.42. The van der Waals surface area contributed by atoms with Crippen molar-refractivity contribution in [2.45, 2.75) is 25.3 Å². The van der Waals surface area contributed by atoms with Crippen molar-refractivity contribution in [3.63, 3.8) is 0 Å². The summed E-state index contributed by atoms with van der Waals surface area (Å²) in [6, 6.07) is 0.364. The third-order valence-corrected chi connectivity index (χ3v) is 3.48. The van der Waals surface area contributed by atoms with Gasteiger partial charge in [0.25, 0.3) is 0 Å². The third kappa shape index (κ3) is 2.13. The van der Waals surface area contributed by atoms with Crippen LogP contribution in [0.15, 0.2) is 0 Å². The lowest BCUT2D eigenvalue weighted by atomic mass is 9.85. The van der Waals surface area contributed by atoms with E-state index < -0.39 is 0 Å². The Morgan fingerprint density at radius 1 is 1.44 bits per heavy atom. The molecule has 0 spiro atoms. The van der Waals surface area contributed by atoms with E-state index in [1.165, 1.54) is 0 Å². The lowest BCUT2D eigenvalue weighted by Crippen LogP contribution is -2.56. The van der Waals surface area contributed by atoms with Crippen LogP contribution in [-0.2, 0) is 4.79 Å². The van der Waals surface area contributed by atoms with Gasteiger partial charge in [0.15, 0.2) is 0 Å². The number of piperidine rings is 2. The molecule has 2 aliphatic rings. The van der Waals surface area contributed by atoms with Crippen molar-refractivity contribution in [2.75, 3.05) is 27.2 Å². The molecule has 0 saturated carbocycles. The van der Waals surface area contributed by atoms with Gasteiger partial charge in [-0.15, -0.1) is 0 Å². The van der Waals surface area contributed by atoms with Crippen LogP contribution in [0.4, 0.5) is 4.79 Å². The molecule has 3 amide bonds. The molecule has 2 aliphatic heterocycles. The highest BCUT2D eigenvalue weighted by Gasteiger charge is 2.35. The predicted molar refractivity (Wildman–Crippen MR) is 59.9 cm³/mol. The SMILES string of the molecule is CN(C)C(=O)N1CCC2NC(=O)CCC2C1. The van der Waals surface area contributed by atoms with E-state index in [4.69, 9.17) is 0 Å². The highest BCUT2D eigenvalue weighted by molar-refractivity contribution is 5.77. The van der Waals surface area contributed by atoms with Crippen LogP contribution in [0, 0.1) is 5.92 Å². The Morgan fingerprint density at radius 3 is 2.88 bits per heavy atom. The van der Waals surface area contributed by atoms with Gasteiger partial charge in [0.1, 0.15) is 0 Å². The van der Waals surface area contributed by atoms with E-state index in [0.717, 1.165) is 25.9 Å². The van der Waals surface area contributed by atoms with Crippen molar-refractivity contribution in [2.24, 2.45) is 5.92 Å². The van der Waals surface area contributed by atoms with Crippen molar-refractivity contribution in [1.82, 2.24) is 15.1 Å². The molecule has 2 fully saturated rings. The smallest absolute Gasteiger partial charge is 0.319 e. The molecule has 0 aromatic carbocycles. The molecule has 2 atom stereocenters. The molecule has 16 heavy (non-hydrogen) atoms. The van der Waals surface area contributed by atoms with Crippen LogP contribution < -0.4 is 5.32 Å². The van der Waals surface area contributed by atoms with Crippen LogP contribution in [0.3, 0.4) is 0 Å². The van der Waals surface area contributed by atoms with Gasteiger partial charge in [0, 0.05) is 39.6 Å². The first kappa shape index (κ1) is 11.2. The minimum absolute atomic E-state index is 0.0790. The highest BCUT2D eigenvalue weighted by atomic mass is 16.2. The summed E-state index contributed by atoms with van der Waals surface area (Å²) >= 11 is 0. The molecule has 0 aliphatic carbocycles. The Hall–Kier alpha value is -1.26. The topological polar surface area (TPSA) is 52.7 Å². The first-order valence-corrected chi connectivity index (χ1v) is 5.83. The first-order valence-electron chi connectivity index (χ1n) is 5.83. The Bertz CT molecular complexity index is 304. The Balaban J connectivity index is 1.95. The molecule has 0 aromatic heterocycles. The van der Waals surface area contributed by atoms with Crippen LogP contribution >= 0.6 is 0 Å². The number of amides is 3. The summed E-state index contributed by atoms with van der Waals surface area (Å²) < 4.78 is 0. The number of carbonyl (C=O) groups is 2. The van der Waals surface area contributed by atoms with E-state index in [2.05, 4.69) is 5.32 Å². The van der Waals surface area contributed by atoms with E-state index in [1.54, 1.807) is 19.0 Å². The van der Waals surface area contributed by atoms with Crippen LogP contribution in [0.25, 0.3) is 0 Å². The predicted octanol–water partition coefficient (Wildman–Crippen LogP) is 0.268. The first-order chi connectivity index (χ1) is 7.58. The van der Waals surface area contributed by atoms with Gasteiger partial charge >= 0.3 is 6.03 Å². The molecule has 2 rings (SSSR count). The maximum Gasteiger partial charge on any atom is 0.319 e. The monoisotopic (exact) mass is 225 g/mol. The molecule has 5 nitrogen and oxygen atoms in total. The van der Waals surface area contributed by atoms with Gasteiger partial charge in [-0.25, -0.2) is 4.79 Å². The zero-order chi connectivity index (χ0) is 11.7. The number of nitrogens with zero attached hydrogens (tertiary/aromatic N) is 2. The zero-order valence-corrected chi connectivity index (χ0v) is 9.90. The lowest BCUT2D eigenvalue weighted by molar-refractivity contribution is -0.125. The van der Waals surface area contributed by atoms with E-state index in [1.807, 2.05) is 4.90 Å². The largest absolute Gasteiger partial charge is 0.353 e. The van der Waals surface area contributed by atoms with E-state index in [9.17, 15) is 9.59 Å². The van der Waals surface area contributed by atoms with Crippen molar-refractivity contribution in [3.05, 3.63) is 0 Å². The van der Waals surface area contributed by atoms with Gasteiger partial charge < -0.3 is 15.1 Å². The van der Waals surface area contributed by atoms with Gasteiger partial charge in [-0.05, 0) is 18.8 Å². The third-order valence-electron chi connectivity index (χ3n) is 3.48. The minimum atomic E-state index is 0.0790. The number of urea groups is 1. The minimum Gasteiger partial charge on any atom is -0.353 e. The average molecular weight is 225 g/mol. The number of rotatable bonds is 0. The summed E-state index contributed by atoms with van der Waals surface area (Å²) in [6.45, 7) is 1.53. The van der Waals surface area contributed by atoms with Gasteiger partial charge in [0.2, 0.25) is 5.91 Å². The molecule has 2 unspecified atom stereocenters. The molecule has 0 radical (unpaired) electrons. The van der Waals surface area contributed by atoms with Gasteiger partial charge in [-0.2, -0.15) is 0 Å². The fourth-order valence-electron chi connectivity index (χ4n) is 2.57. The Labute approximate surface area is 95.8 Å². The summed E-state index contributed by atoms with van der Waals surface area (Å²) in [7, 11) is 3.55. The summed E-state index contributed by atoms with van der Waals surface area (Å²) in [4.78, 5) is 26.5. The molecule has 2 heterocycles. The van der Waals surface area contributed by atoms with Crippen molar-refractivity contribution in [3.8, 4) is 0 Å².